The highest BCUT2D eigenvalue weighted by Gasteiger charge is 2.14. The Morgan fingerprint density at radius 2 is 2.36 bits per heavy atom. The van der Waals surface area contributed by atoms with Crippen LogP contribution >= 0.6 is 0 Å². The van der Waals surface area contributed by atoms with E-state index >= 15 is 0 Å². The first-order valence-electron chi connectivity index (χ1n) is 4.85. The monoisotopic (exact) mass is 193 g/mol. The molecule has 1 aliphatic rings. The molecule has 2 rings (SSSR count). The van der Waals surface area contributed by atoms with E-state index in [4.69, 9.17) is 9.57 Å². The summed E-state index contributed by atoms with van der Waals surface area (Å²) in [6, 6.07) is 6.50. The summed E-state index contributed by atoms with van der Waals surface area (Å²) in [6.07, 6.45) is 1.02. The van der Waals surface area contributed by atoms with E-state index < -0.39 is 0 Å². The van der Waals surface area contributed by atoms with Crippen molar-refractivity contribution in [3.63, 3.8) is 0 Å². The molecule has 1 heterocycles. The Kier molecular flexibility index (Phi) is 2.70. The fourth-order valence-corrected chi connectivity index (χ4v) is 1.72. The summed E-state index contributed by atoms with van der Waals surface area (Å²) in [6.45, 7) is 2.88. The molecule has 1 aromatic rings. The molecular formula is C11H15NO2. The molecule has 0 aliphatic carbocycles. The lowest BCUT2D eigenvalue weighted by Crippen LogP contribution is -2.16. The highest BCUT2D eigenvalue weighted by molar-refractivity contribution is 5.40. The molecule has 0 bridgehead atoms. The van der Waals surface area contributed by atoms with Crippen LogP contribution in [0, 0.1) is 0 Å². The van der Waals surface area contributed by atoms with Crippen molar-refractivity contribution in [1.82, 2.24) is 5.48 Å². The van der Waals surface area contributed by atoms with E-state index in [1.54, 1.807) is 7.11 Å². The summed E-state index contributed by atoms with van der Waals surface area (Å²) in [5, 5.41) is 0. The molecule has 0 fully saturated rings. The van der Waals surface area contributed by atoms with Gasteiger partial charge in [-0.1, -0.05) is 12.1 Å². The molecule has 14 heavy (non-hydrogen) atoms. The zero-order chi connectivity index (χ0) is 9.97. The average molecular weight is 193 g/mol. The quantitative estimate of drug-likeness (QED) is 0.743. The predicted octanol–water partition coefficient (Wildman–Crippen LogP) is 1.83. The van der Waals surface area contributed by atoms with Crippen molar-refractivity contribution in [2.75, 3.05) is 13.7 Å². The van der Waals surface area contributed by atoms with Crippen LogP contribution in [0.4, 0.5) is 0 Å². The summed E-state index contributed by atoms with van der Waals surface area (Å²) >= 11 is 0. The highest BCUT2D eigenvalue weighted by atomic mass is 16.6. The van der Waals surface area contributed by atoms with Gasteiger partial charge in [0.1, 0.15) is 5.75 Å². The van der Waals surface area contributed by atoms with Crippen molar-refractivity contribution >= 4 is 0 Å². The van der Waals surface area contributed by atoms with Crippen LogP contribution in [0.3, 0.4) is 0 Å². The number of hydrogen-bond acceptors (Lipinski definition) is 3. The molecule has 1 unspecified atom stereocenters. The minimum Gasteiger partial charge on any atom is -0.493 e. The van der Waals surface area contributed by atoms with E-state index in [2.05, 4.69) is 24.5 Å². The Morgan fingerprint density at radius 1 is 1.50 bits per heavy atom. The fraction of sp³-hybridized carbons (Fsp3) is 0.455. The Morgan fingerprint density at radius 3 is 3.14 bits per heavy atom. The maximum absolute atomic E-state index is 5.44. The minimum absolute atomic E-state index is 0.214. The first kappa shape index (κ1) is 9.49. The van der Waals surface area contributed by atoms with Gasteiger partial charge < -0.3 is 9.57 Å². The zero-order valence-corrected chi connectivity index (χ0v) is 8.54. The predicted molar refractivity (Wildman–Crippen MR) is 54.2 cm³/mol. The standard InChI is InChI=1S/C11H15NO2/c1-8(12-13-2)9-3-4-11-10(7-9)5-6-14-11/h3-4,7-8,12H,5-6H2,1-2H3. The second kappa shape index (κ2) is 3.98. The normalized spacial score (nSPS) is 16.1. The van der Waals surface area contributed by atoms with Gasteiger partial charge in [0.15, 0.2) is 0 Å². The molecule has 1 atom stereocenters. The van der Waals surface area contributed by atoms with Gasteiger partial charge in [0.2, 0.25) is 0 Å². The number of ether oxygens (including phenoxy) is 1. The van der Waals surface area contributed by atoms with Crippen molar-refractivity contribution in [1.29, 1.82) is 0 Å². The number of benzene rings is 1. The number of hydrogen-bond donors (Lipinski definition) is 1. The summed E-state index contributed by atoms with van der Waals surface area (Å²) in [7, 11) is 1.63. The van der Waals surface area contributed by atoms with Crippen LogP contribution in [-0.2, 0) is 11.3 Å². The van der Waals surface area contributed by atoms with Gasteiger partial charge >= 0.3 is 0 Å². The van der Waals surface area contributed by atoms with E-state index in [1.807, 2.05) is 6.07 Å². The zero-order valence-electron chi connectivity index (χ0n) is 8.54. The molecule has 3 nitrogen and oxygen atoms in total. The highest BCUT2D eigenvalue weighted by Crippen LogP contribution is 2.27. The number of hydroxylamine groups is 1. The summed E-state index contributed by atoms with van der Waals surface area (Å²) in [4.78, 5) is 4.90. The molecule has 1 aromatic carbocycles. The third kappa shape index (κ3) is 1.74. The third-order valence-corrected chi connectivity index (χ3v) is 2.51. The molecule has 0 saturated heterocycles. The Bertz CT molecular complexity index is 325. The first-order valence-corrected chi connectivity index (χ1v) is 4.85. The van der Waals surface area contributed by atoms with Crippen LogP contribution in [0.1, 0.15) is 24.1 Å². The smallest absolute Gasteiger partial charge is 0.122 e. The molecule has 3 heteroatoms. The topological polar surface area (TPSA) is 30.5 Å². The molecule has 1 N–H and O–H groups in total. The van der Waals surface area contributed by atoms with Gasteiger partial charge in [-0.05, 0) is 24.1 Å². The number of nitrogens with one attached hydrogen (secondary N) is 1. The lowest BCUT2D eigenvalue weighted by molar-refractivity contribution is 0.0658. The Balaban J connectivity index is 2.19. The summed E-state index contributed by atoms with van der Waals surface area (Å²) in [5.74, 6) is 1.03. The molecule has 0 radical (unpaired) electrons. The van der Waals surface area contributed by atoms with Crippen LogP contribution in [-0.4, -0.2) is 13.7 Å². The fourth-order valence-electron chi connectivity index (χ4n) is 1.72. The van der Waals surface area contributed by atoms with Crippen molar-refractivity contribution in [2.45, 2.75) is 19.4 Å². The molecule has 0 amide bonds. The minimum atomic E-state index is 0.214. The van der Waals surface area contributed by atoms with Gasteiger partial charge in [-0.2, -0.15) is 5.48 Å². The third-order valence-electron chi connectivity index (χ3n) is 2.51. The van der Waals surface area contributed by atoms with E-state index in [-0.39, 0.29) is 6.04 Å². The van der Waals surface area contributed by atoms with Crippen molar-refractivity contribution in [3.05, 3.63) is 29.3 Å². The van der Waals surface area contributed by atoms with Gasteiger partial charge in [0.25, 0.3) is 0 Å². The lowest BCUT2D eigenvalue weighted by atomic mass is 10.0. The van der Waals surface area contributed by atoms with Crippen molar-refractivity contribution in [2.24, 2.45) is 0 Å². The Hall–Kier alpha value is -1.06. The SMILES string of the molecule is CONC(C)c1ccc2c(c1)CCO2. The lowest BCUT2D eigenvalue weighted by Gasteiger charge is -2.12. The maximum Gasteiger partial charge on any atom is 0.122 e. The van der Waals surface area contributed by atoms with Crippen LogP contribution in [0.25, 0.3) is 0 Å². The van der Waals surface area contributed by atoms with Gasteiger partial charge in [-0.25, -0.2) is 0 Å². The number of rotatable bonds is 3. The van der Waals surface area contributed by atoms with E-state index in [0.717, 1.165) is 18.8 Å². The van der Waals surface area contributed by atoms with Crippen LogP contribution in [0.5, 0.6) is 5.75 Å². The van der Waals surface area contributed by atoms with Gasteiger partial charge in [0, 0.05) is 6.42 Å². The molecular weight excluding hydrogens is 178 g/mol. The van der Waals surface area contributed by atoms with Crippen LogP contribution in [0.15, 0.2) is 18.2 Å². The molecule has 1 aliphatic heterocycles. The summed E-state index contributed by atoms with van der Waals surface area (Å²) < 4.78 is 5.44. The van der Waals surface area contributed by atoms with Gasteiger partial charge in [-0.3, -0.25) is 0 Å². The number of fused-ring (bicyclic) bond motifs is 1. The maximum atomic E-state index is 5.44. The van der Waals surface area contributed by atoms with E-state index in [9.17, 15) is 0 Å². The van der Waals surface area contributed by atoms with Gasteiger partial charge in [0.05, 0.1) is 19.8 Å². The van der Waals surface area contributed by atoms with E-state index in [1.165, 1.54) is 11.1 Å². The van der Waals surface area contributed by atoms with Crippen molar-refractivity contribution in [3.8, 4) is 5.75 Å². The van der Waals surface area contributed by atoms with Crippen LogP contribution in [0.2, 0.25) is 0 Å². The van der Waals surface area contributed by atoms with Crippen LogP contribution < -0.4 is 10.2 Å². The second-order valence-corrected chi connectivity index (χ2v) is 3.51. The first-order chi connectivity index (χ1) is 6.81. The molecule has 0 aromatic heterocycles. The second-order valence-electron chi connectivity index (χ2n) is 3.51. The van der Waals surface area contributed by atoms with E-state index in [0.29, 0.717) is 0 Å². The largest absolute Gasteiger partial charge is 0.493 e. The van der Waals surface area contributed by atoms with Crippen molar-refractivity contribution < 1.29 is 9.57 Å². The Labute approximate surface area is 84.0 Å². The van der Waals surface area contributed by atoms with Gasteiger partial charge in [-0.15, -0.1) is 0 Å². The molecule has 76 valence electrons. The molecule has 0 saturated carbocycles. The summed E-state index contributed by atoms with van der Waals surface area (Å²) in [5.41, 5.74) is 5.44. The molecule has 0 spiro atoms. The average Bonchev–Trinajstić information content (AvgIpc) is 2.64.